The fourth-order valence-corrected chi connectivity index (χ4v) is 1.95. The molecule has 3 heterocycles. The Labute approximate surface area is 113 Å². The Morgan fingerprint density at radius 3 is 2.89 bits per heavy atom. The van der Waals surface area contributed by atoms with Crippen molar-refractivity contribution in [2.75, 3.05) is 19.8 Å². The van der Waals surface area contributed by atoms with Crippen LogP contribution >= 0.6 is 15.9 Å². The van der Waals surface area contributed by atoms with E-state index < -0.39 is 0 Å². The summed E-state index contributed by atoms with van der Waals surface area (Å²) in [6.45, 7) is 2.01. The minimum atomic E-state index is -0.0100. The highest BCUT2D eigenvalue weighted by Gasteiger charge is 2.26. The Morgan fingerprint density at radius 1 is 1.33 bits per heavy atom. The number of pyridine rings is 1. The van der Waals surface area contributed by atoms with E-state index in [-0.39, 0.29) is 6.10 Å². The number of nitrogens with zero attached hydrogens (tertiary/aromatic N) is 2. The number of aromatic nitrogens is 1. The Bertz CT molecular complexity index is 445. The summed E-state index contributed by atoms with van der Waals surface area (Å²) in [5, 5.41) is 4.06. The van der Waals surface area contributed by atoms with Gasteiger partial charge in [0.2, 0.25) is 0 Å². The average Bonchev–Trinajstić information content (AvgIpc) is 3.08. The SMILES string of the molecule is Brc1ccc(C2=NOC(COCC3CO3)C2)nc1. The van der Waals surface area contributed by atoms with Gasteiger partial charge >= 0.3 is 0 Å². The number of epoxide rings is 1. The summed E-state index contributed by atoms with van der Waals surface area (Å²) in [7, 11) is 0. The number of hydrogen-bond donors (Lipinski definition) is 0. The minimum Gasteiger partial charge on any atom is -0.389 e. The molecule has 1 aromatic heterocycles. The van der Waals surface area contributed by atoms with Crippen molar-refractivity contribution in [3.8, 4) is 0 Å². The molecule has 96 valence electrons. The summed E-state index contributed by atoms with van der Waals surface area (Å²) in [5.74, 6) is 0. The van der Waals surface area contributed by atoms with Crippen LogP contribution < -0.4 is 0 Å². The van der Waals surface area contributed by atoms with E-state index >= 15 is 0 Å². The van der Waals surface area contributed by atoms with Crippen molar-refractivity contribution in [3.05, 3.63) is 28.5 Å². The van der Waals surface area contributed by atoms with Crippen molar-refractivity contribution in [1.82, 2.24) is 4.98 Å². The molecule has 0 N–H and O–H groups in total. The normalized spacial score (nSPS) is 25.7. The molecule has 0 saturated carbocycles. The highest BCUT2D eigenvalue weighted by molar-refractivity contribution is 9.10. The van der Waals surface area contributed by atoms with Gasteiger partial charge in [0, 0.05) is 17.1 Å². The van der Waals surface area contributed by atoms with Gasteiger partial charge < -0.3 is 14.3 Å². The smallest absolute Gasteiger partial charge is 0.156 e. The highest BCUT2D eigenvalue weighted by atomic mass is 79.9. The molecule has 18 heavy (non-hydrogen) atoms. The largest absolute Gasteiger partial charge is 0.389 e. The molecule has 1 aromatic rings. The lowest BCUT2D eigenvalue weighted by Gasteiger charge is -2.07. The second-order valence-corrected chi connectivity index (χ2v) is 5.24. The van der Waals surface area contributed by atoms with E-state index in [0.717, 1.165) is 28.9 Å². The van der Waals surface area contributed by atoms with Crippen LogP contribution in [-0.4, -0.2) is 42.7 Å². The van der Waals surface area contributed by atoms with Gasteiger partial charge in [0.15, 0.2) is 6.10 Å². The quantitative estimate of drug-likeness (QED) is 0.777. The molecule has 2 aliphatic rings. The van der Waals surface area contributed by atoms with Gasteiger partial charge in [-0.1, -0.05) is 5.16 Å². The number of rotatable bonds is 5. The summed E-state index contributed by atoms with van der Waals surface area (Å²) >= 11 is 3.35. The van der Waals surface area contributed by atoms with Gasteiger partial charge in [0.1, 0.15) is 11.8 Å². The topological polar surface area (TPSA) is 56.2 Å². The lowest BCUT2D eigenvalue weighted by atomic mass is 10.1. The first-order valence-corrected chi connectivity index (χ1v) is 6.64. The zero-order valence-corrected chi connectivity index (χ0v) is 11.3. The molecular formula is C12H13BrN2O3. The molecule has 6 heteroatoms. The van der Waals surface area contributed by atoms with Crippen molar-refractivity contribution in [2.24, 2.45) is 5.16 Å². The predicted octanol–water partition coefficient (Wildman–Crippen LogP) is 1.75. The zero-order valence-electron chi connectivity index (χ0n) is 9.71. The molecule has 0 aliphatic carbocycles. The molecule has 1 fully saturated rings. The van der Waals surface area contributed by atoms with Crippen molar-refractivity contribution >= 4 is 21.6 Å². The van der Waals surface area contributed by atoms with E-state index in [0.29, 0.717) is 19.3 Å². The van der Waals surface area contributed by atoms with E-state index in [1.54, 1.807) is 6.20 Å². The molecule has 1 saturated heterocycles. The Balaban J connectivity index is 1.48. The molecule has 2 aliphatic heterocycles. The van der Waals surface area contributed by atoms with E-state index in [2.05, 4.69) is 26.1 Å². The number of halogens is 1. The van der Waals surface area contributed by atoms with Crippen LogP contribution in [0.15, 0.2) is 28.0 Å². The molecule has 0 spiro atoms. The molecule has 0 bridgehead atoms. The summed E-state index contributed by atoms with van der Waals surface area (Å²) in [6, 6.07) is 3.87. The van der Waals surface area contributed by atoms with Gasteiger partial charge in [-0.2, -0.15) is 0 Å². The molecule has 3 rings (SSSR count). The maximum atomic E-state index is 5.49. The van der Waals surface area contributed by atoms with Gasteiger partial charge in [-0.15, -0.1) is 0 Å². The second kappa shape index (κ2) is 5.34. The van der Waals surface area contributed by atoms with Crippen LogP contribution in [0.1, 0.15) is 12.1 Å². The van der Waals surface area contributed by atoms with Crippen molar-refractivity contribution in [2.45, 2.75) is 18.6 Å². The third kappa shape index (κ3) is 3.07. The van der Waals surface area contributed by atoms with Gasteiger partial charge in [0.05, 0.1) is 25.5 Å². The van der Waals surface area contributed by atoms with Crippen LogP contribution in [0.4, 0.5) is 0 Å². The first-order valence-electron chi connectivity index (χ1n) is 5.85. The third-order valence-corrected chi connectivity index (χ3v) is 3.23. The highest BCUT2D eigenvalue weighted by Crippen LogP contribution is 2.18. The second-order valence-electron chi connectivity index (χ2n) is 4.32. The molecule has 2 atom stereocenters. The Kier molecular flexibility index (Phi) is 3.58. The van der Waals surface area contributed by atoms with Crippen molar-refractivity contribution in [1.29, 1.82) is 0 Å². The predicted molar refractivity (Wildman–Crippen MR) is 68.5 cm³/mol. The molecule has 0 aromatic carbocycles. The van der Waals surface area contributed by atoms with E-state index in [9.17, 15) is 0 Å². The zero-order chi connectivity index (χ0) is 12.4. The fourth-order valence-electron chi connectivity index (χ4n) is 1.71. The van der Waals surface area contributed by atoms with E-state index in [1.165, 1.54) is 0 Å². The molecule has 5 nitrogen and oxygen atoms in total. The van der Waals surface area contributed by atoms with Crippen molar-refractivity contribution in [3.63, 3.8) is 0 Å². The average molecular weight is 313 g/mol. The van der Waals surface area contributed by atoms with Gasteiger partial charge in [0.25, 0.3) is 0 Å². The maximum Gasteiger partial charge on any atom is 0.156 e. The molecular weight excluding hydrogens is 300 g/mol. The van der Waals surface area contributed by atoms with Crippen LogP contribution in [0.2, 0.25) is 0 Å². The molecule has 0 amide bonds. The van der Waals surface area contributed by atoms with Gasteiger partial charge in [-0.25, -0.2) is 0 Å². The number of oxime groups is 1. The number of hydrogen-bond acceptors (Lipinski definition) is 5. The lowest BCUT2D eigenvalue weighted by molar-refractivity contribution is -0.000945. The third-order valence-electron chi connectivity index (χ3n) is 2.77. The number of ether oxygens (including phenoxy) is 2. The standard InChI is InChI=1S/C12H13BrN2O3/c13-8-1-2-11(14-4-8)12-3-9(18-15-12)5-16-6-10-7-17-10/h1-2,4,9-10H,3,5-7H2. The van der Waals surface area contributed by atoms with Crippen LogP contribution in [-0.2, 0) is 14.3 Å². The first kappa shape index (κ1) is 12.1. The van der Waals surface area contributed by atoms with Crippen molar-refractivity contribution < 1.29 is 14.3 Å². The molecule has 0 radical (unpaired) electrons. The minimum absolute atomic E-state index is 0.0100. The van der Waals surface area contributed by atoms with Gasteiger partial charge in [-0.3, -0.25) is 4.98 Å². The Morgan fingerprint density at radius 2 is 2.17 bits per heavy atom. The lowest BCUT2D eigenvalue weighted by Crippen LogP contribution is -2.18. The summed E-state index contributed by atoms with van der Waals surface area (Å²) in [5.41, 5.74) is 1.73. The molecule has 2 unspecified atom stereocenters. The fraction of sp³-hybridized carbons (Fsp3) is 0.500. The summed E-state index contributed by atoms with van der Waals surface area (Å²) < 4.78 is 11.5. The van der Waals surface area contributed by atoms with Crippen LogP contribution in [0.25, 0.3) is 0 Å². The van der Waals surface area contributed by atoms with E-state index in [1.807, 2.05) is 12.1 Å². The van der Waals surface area contributed by atoms with Crippen LogP contribution in [0.5, 0.6) is 0 Å². The van der Waals surface area contributed by atoms with E-state index in [4.69, 9.17) is 14.3 Å². The Hall–Kier alpha value is -0.980. The summed E-state index contributed by atoms with van der Waals surface area (Å²) in [6.07, 6.45) is 2.77. The monoisotopic (exact) mass is 312 g/mol. The van der Waals surface area contributed by atoms with Gasteiger partial charge in [-0.05, 0) is 28.1 Å². The maximum absolute atomic E-state index is 5.49. The van der Waals surface area contributed by atoms with Crippen LogP contribution in [0, 0.1) is 0 Å². The first-order chi connectivity index (χ1) is 8.81. The summed E-state index contributed by atoms with van der Waals surface area (Å²) in [4.78, 5) is 9.62. The van der Waals surface area contributed by atoms with Crippen LogP contribution in [0.3, 0.4) is 0 Å².